The maximum absolute atomic E-state index is 13.3. The summed E-state index contributed by atoms with van der Waals surface area (Å²) in [6, 6.07) is 23.9. The molecule has 0 N–H and O–H groups in total. The van der Waals surface area contributed by atoms with Crippen molar-refractivity contribution in [2.24, 2.45) is 0 Å². The standard InChI is InChI=1S/C26H24N2O/c1-18(2)21-15-12-20(13-16-21)14-17-25-27-23-10-6-5-9-22(23)26(29)28(25)24-11-7-4-8-19(24)3/h4-18H,1-3H3. The van der Waals surface area contributed by atoms with Crippen LogP contribution in [0.3, 0.4) is 0 Å². The molecule has 3 heteroatoms. The molecule has 4 rings (SSSR count). The number of aryl methyl sites for hydroxylation is 1. The highest BCUT2D eigenvalue weighted by Gasteiger charge is 2.12. The normalized spacial score (nSPS) is 11.6. The van der Waals surface area contributed by atoms with Crippen molar-refractivity contribution < 1.29 is 0 Å². The summed E-state index contributed by atoms with van der Waals surface area (Å²) in [5, 5.41) is 0.620. The number of aromatic nitrogens is 2. The zero-order chi connectivity index (χ0) is 20.4. The molecule has 4 aromatic rings. The van der Waals surface area contributed by atoms with Crippen LogP contribution < -0.4 is 5.56 Å². The van der Waals surface area contributed by atoms with Gasteiger partial charge in [0, 0.05) is 0 Å². The second-order valence-corrected chi connectivity index (χ2v) is 7.57. The van der Waals surface area contributed by atoms with Crippen LogP contribution in [0.4, 0.5) is 0 Å². The lowest BCUT2D eigenvalue weighted by molar-refractivity contribution is 0.866. The van der Waals surface area contributed by atoms with Crippen molar-refractivity contribution in [1.82, 2.24) is 9.55 Å². The lowest BCUT2D eigenvalue weighted by Crippen LogP contribution is -2.23. The molecule has 3 aromatic carbocycles. The third kappa shape index (κ3) is 3.77. The highest BCUT2D eigenvalue weighted by atomic mass is 16.1. The topological polar surface area (TPSA) is 34.9 Å². The molecule has 0 atom stereocenters. The van der Waals surface area contributed by atoms with Gasteiger partial charge in [-0.15, -0.1) is 0 Å². The molecule has 0 aliphatic heterocycles. The van der Waals surface area contributed by atoms with Crippen molar-refractivity contribution in [1.29, 1.82) is 0 Å². The Balaban J connectivity index is 1.88. The maximum atomic E-state index is 13.3. The molecule has 144 valence electrons. The molecule has 3 nitrogen and oxygen atoms in total. The van der Waals surface area contributed by atoms with E-state index in [9.17, 15) is 4.79 Å². The van der Waals surface area contributed by atoms with Crippen molar-refractivity contribution in [3.63, 3.8) is 0 Å². The molecule has 0 unspecified atom stereocenters. The summed E-state index contributed by atoms with van der Waals surface area (Å²) in [4.78, 5) is 18.1. The van der Waals surface area contributed by atoms with Crippen LogP contribution in [0, 0.1) is 6.92 Å². The van der Waals surface area contributed by atoms with Crippen LogP contribution in [0.2, 0.25) is 0 Å². The van der Waals surface area contributed by atoms with Gasteiger partial charge in [-0.3, -0.25) is 9.36 Å². The summed E-state index contributed by atoms with van der Waals surface area (Å²) < 4.78 is 1.71. The van der Waals surface area contributed by atoms with Gasteiger partial charge in [0.25, 0.3) is 5.56 Å². The van der Waals surface area contributed by atoms with Crippen LogP contribution in [0.25, 0.3) is 28.7 Å². The Morgan fingerprint density at radius 1 is 0.862 bits per heavy atom. The van der Waals surface area contributed by atoms with Gasteiger partial charge >= 0.3 is 0 Å². The summed E-state index contributed by atoms with van der Waals surface area (Å²) in [7, 11) is 0. The van der Waals surface area contributed by atoms with Crippen LogP contribution in [0.15, 0.2) is 77.6 Å². The fourth-order valence-corrected chi connectivity index (χ4v) is 3.47. The first-order valence-corrected chi connectivity index (χ1v) is 9.90. The van der Waals surface area contributed by atoms with Crippen LogP contribution in [0.5, 0.6) is 0 Å². The second-order valence-electron chi connectivity index (χ2n) is 7.57. The quantitative estimate of drug-likeness (QED) is 0.436. The molecule has 0 aliphatic carbocycles. The Bertz CT molecular complexity index is 1250. The van der Waals surface area contributed by atoms with E-state index in [1.165, 1.54) is 5.56 Å². The minimum Gasteiger partial charge on any atom is -0.268 e. The van der Waals surface area contributed by atoms with Crippen molar-refractivity contribution in [3.8, 4) is 5.69 Å². The van der Waals surface area contributed by atoms with Crippen molar-refractivity contribution in [2.45, 2.75) is 26.7 Å². The molecule has 1 aromatic heterocycles. The molecule has 0 spiro atoms. The van der Waals surface area contributed by atoms with Gasteiger partial charge in [-0.05, 0) is 53.8 Å². The third-order valence-electron chi connectivity index (χ3n) is 5.19. The molecule has 0 saturated heterocycles. The van der Waals surface area contributed by atoms with Gasteiger partial charge in [0.2, 0.25) is 0 Å². The summed E-state index contributed by atoms with van der Waals surface area (Å²) in [5.74, 6) is 1.12. The lowest BCUT2D eigenvalue weighted by Gasteiger charge is -2.13. The van der Waals surface area contributed by atoms with Crippen LogP contribution in [-0.4, -0.2) is 9.55 Å². The number of nitrogens with zero attached hydrogens (tertiary/aromatic N) is 2. The fourth-order valence-electron chi connectivity index (χ4n) is 3.47. The summed E-state index contributed by atoms with van der Waals surface area (Å²) in [6.45, 7) is 6.38. The summed E-state index contributed by atoms with van der Waals surface area (Å²) in [6.07, 6.45) is 3.93. The molecular formula is C26H24N2O. The molecular weight excluding hydrogens is 356 g/mol. The molecule has 0 fully saturated rings. The van der Waals surface area contributed by atoms with Crippen molar-refractivity contribution >= 4 is 23.1 Å². The first-order valence-electron chi connectivity index (χ1n) is 9.90. The number of fused-ring (bicyclic) bond motifs is 1. The maximum Gasteiger partial charge on any atom is 0.266 e. The zero-order valence-electron chi connectivity index (χ0n) is 17.0. The minimum atomic E-state index is -0.0558. The molecule has 0 radical (unpaired) electrons. The van der Waals surface area contributed by atoms with E-state index in [1.807, 2.05) is 67.6 Å². The van der Waals surface area contributed by atoms with E-state index in [1.54, 1.807) is 4.57 Å². The number of rotatable bonds is 4. The van der Waals surface area contributed by atoms with Crippen LogP contribution in [0.1, 0.15) is 42.3 Å². The first kappa shape index (κ1) is 18.9. The Morgan fingerprint density at radius 3 is 2.28 bits per heavy atom. The number of benzene rings is 3. The summed E-state index contributed by atoms with van der Waals surface area (Å²) in [5.41, 5.74) is 4.92. The average Bonchev–Trinajstić information content (AvgIpc) is 2.73. The molecule has 0 aliphatic rings. The van der Waals surface area contributed by atoms with Crippen molar-refractivity contribution in [3.05, 3.63) is 106 Å². The van der Waals surface area contributed by atoms with E-state index >= 15 is 0 Å². The SMILES string of the molecule is Cc1ccccc1-n1c(C=Cc2ccc(C(C)C)cc2)nc2ccccc2c1=O. The zero-order valence-corrected chi connectivity index (χ0v) is 17.0. The second kappa shape index (κ2) is 7.88. The predicted molar refractivity (Wildman–Crippen MR) is 122 cm³/mol. The van der Waals surface area contributed by atoms with Gasteiger partial charge in [-0.2, -0.15) is 0 Å². The monoisotopic (exact) mass is 380 g/mol. The Kier molecular flexibility index (Phi) is 5.13. The predicted octanol–water partition coefficient (Wildman–Crippen LogP) is 5.99. The van der Waals surface area contributed by atoms with Crippen LogP contribution >= 0.6 is 0 Å². The minimum absolute atomic E-state index is 0.0558. The highest BCUT2D eigenvalue weighted by molar-refractivity contribution is 5.80. The molecule has 29 heavy (non-hydrogen) atoms. The Hall–Kier alpha value is -3.46. The fraction of sp³-hybridized carbons (Fsp3) is 0.154. The van der Waals surface area contributed by atoms with Gasteiger partial charge < -0.3 is 0 Å². The van der Waals surface area contributed by atoms with Gasteiger partial charge in [0.1, 0.15) is 5.82 Å². The molecule has 1 heterocycles. The van der Waals surface area contributed by atoms with Gasteiger partial charge in [-0.25, -0.2) is 4.98 Å². The van der Waals surface area contributed by atoms with E-state index < -0.39 is 0 Å². The van der Waals surface area contributed by atoms with Gasteiger partial charge in [0.05, 0.1) is 16.6 Å². The van der Waals surface area contributed by atoms with E-state index in [0.717, 1.165) is 16.8 Å². The Morgan fingerprint density at radius 2 is 1.55 bits per heavy atom. The molecule has 0 bridgehead atoms. The smallest absolute Gasteiger partial charge is 0.266 e. The third-order valence-corrected chi connectivity index (χ3v) is 5.19. The molecule has 0 saturated carbocycles. The van der Waals surface area contributed by atoms with Gasteiger partial charge in [0.15, 0.2) is 0 Å². The number of para-hydroxylation sites is 2. The van der Waals surface area contributed by atoms with E-state index in [0.29, 0.717) is 22.6 Å². The van der Waals surface area contributed by atoms with Crippen LogP contribution in [-0.2, 0) is 0 Å². The van der Waals surface area contributed by atoms with E-state index in [4.69, 9.17) is 4.98 Å². The Labute approximate surface area is 171 Å². The first-order chi connectivity index (χ1) is 14.0. The lowest BCUT2D eigenvalue weighted by atomic mass is 10.0. The van der Waals surface area contributed by atoms with E-state index in [-0.39, 0.29) is 5.56 Å². The molecule has 0 amide bonds. The largest absolute Gasteiger partial charge is 0.268 e. The van der Waals surface area contributed by atoms with Crippen molar-refractivity contribution in [2.75, 3.05) is 0 Å². The number of hydrogen-bond acceptors (Lipinski definition) is 2. The average molecular weight is 380 g/mol. The van der Waals surface area contributed by atoms with E-state index in [2.05, 4.69) is 38.1 Å². The summed E-state index contributed by atoms with van der Waals surface area (Å²) >= 11 is 0. The number of hydrogen-bond donors (Lipinski definition) is 0. The van der Waals surface area contributed by atoms with Gasteiger partial charge in [-0.1, -0.05) is 74.5 Å². The highest BCUT2D eigenvalue weighted by Crippen LogP contribution is 2.19.